The zero-order valence-corrected chi connectivity index (χ0v) is 15.3. The summed E-state index contributed by atoms with van der Waals surface area (Å²) in [4.78, 5) is 4.71. The topological polar surface area (TPSA) is 88.2 Å². The number of methoxy groups -OCH3 is 1. The second-order valence-electron chi connectivity index (χ2n) is 6.52. The molecule has 2 heterocycles. The molecule has 4 rings (SSSR count). The number of rotatable bonds is 5. The van der Waals surface area contributed by atoms with Crippen molar-refractivity contribution in [3.8, 4) is 29.4 Å². The summed E-state index contributed by atoms with van der Waals surface area (Å²) in [6, 6.07) is 19.4. The molecule has 0 bridgehead atoms. The lowest BCUT2D eigenvalue weighted by molar-refractivity contribution is 0.174. The molecule has 28 heavy (non-hydrogen) atoms. The van der Waals surface area contributed by atoms with Gasteiger partial charge in [0.1, 0.15) is 11.7 Å². The largest absolute Gasteiger partial charge is 0.497 e. The van der Waals surface area contributed by atoms with Crippen LogP contribution in [0.3, 0.4) is 0 Å². The Morgan fingerprint density at radius 1 is 1.04 bits per heavy atom. The molecule has 0 spiro atoms. The summed E-state index contributed by atoms with van der Waals surface area (Å²) in [6.45, 7) is 0.180. The average molecular weight is 371 g/mol. The van der Waals surface area contributed by atoms with Gasteiger partial charge in [0.2, 0.25) is 6.79 Å². The van der Waals surface area contributed by atoms with Crippen molar-refractivity contribution >= 4 is 10.9 Å². The van der Waals surface area contributed by atoms with Gasteiger partial charge in [0.15, 0.2) is 11.5 Å². The van der Waals surface area contributed by atoms with Crippen LogP contribution in [0.1, 0.15) is 17.2 Å². The molecule has 138 valence electrons. The van der Waals surface area contributed by atoms with Gasteiger partial charge in [0, 0.05) is 17.0 Å². The fraction of sp³-hybridized carbons (Fsp3) is 0.227. The molecule has 0 saturated carbocycles. The van der Waals surface area contributed by atoms with E-state index in [1.165, 1.54) is 0 Å². The fourth-order valence-electron chi connectivity index (χ4n) is 3.39. The summed E-state index contributed by atoms with van der Waals surface area (Å²) in [6.07, 6.45) is 0.466. The van der Waals surface area contributed by atoms with Crippen molar-refractivity contribution in [1.82, 2.24) is 4.98 Å². The van der Waals surface area contributed by atoms with E-state index in [1.807, 2.05) is 48.5 Å². The Labute approximate surface area is 162 Å². The molecular formula is C22H17N3O3. The van der Waals surface area contributed by atoms with Gasteiger partial charge in [-0.3, -0.25) is 4.98 Å². The molecule has 0 radical (unpaired) electrons. The molecule has 3 aromatic rings. The fourth-order valence-corrected chi connectivity index (χ4v) is 3.39. The zero-order chi connectivity index (χ0) is 19.5. The molecular weight excluding hydrogens is 354 g/mol. The molecule has 6 heteroatoms. The van der Waals surface area contributed by atoms with Gasteiger partial charge in [0.25, 0.3) is 0 Å². The van der Waals surface area contributed by atoms with Crippen molar-refractivity contribution < 1.29 is 14.2 Å². The molecule has 1 aliphatic rings. The predicted molar refractivity (Wildman–Crippen MR) is 102 cm³/mol. The van der Waals surface area contributed by atoms with Crippen LogP contribution in [0.4, 0.5) is 0 Å². The zero-order valence-electron chi connectivity index (χ0n) is 15.3. The Bertz CT molecular complexity index is 1100. The smallest absolute Gasteiger partial charge is 0.231 e. The first-order chi connectivity index (χ1) is 13.7. The van der Waals surface area contributed by atoms with Crippen LogP contribution in [0, 0.1) is 28.6 Å². The molecule has 0 N–H and O–H groups in total. The summed E-state index contributed by atoms with van der Waals surface area (Å²) in [5.41, 5.74) is 2.51. The number of hydrogen-bond donors (Lipinski definition) is 0. The second-order valence-corrected chi connectivity index (χ2v) is 6.52. The van der Waals surface area contributed by atoms with Gasteiger partial charge < -0.3 is 14.2 Å². The molecule has 1 atom stereocenters. The van der Waals surface area contributed by atoms with Gasteiger partial charge >= 0.3 is 0 Å². The number of nitrogens with zero attached hydrogens (tertiary/aromatic N) is 3. The summed E-state index contributed by atoms with van der Waals surface area (Å²) in [5.74, 6) is 0.956. The molecule has 0 amide bonds. The molecule has 2 aromatic carbocycles. The van der Waals surface area contributed by atoms with Crippen LogP contribution in [0.15, 0.2) is 48.5 Å². The average Bonchev–Trinajstić information content (AvgIpc) is 3.21. The van der Waals surface area contributed by atoms with Crippen molar-refractivity contribution in [2.75, 3.05) is 13.9 Å². The number of nitriles is 2. The highest BCUT2D eigenvalue weighted by molar-refractivity contribution is 5.80. The van der Waals surface area contributed by atoms with E-state index in [0.717, 1.165) is 27.9 Å². The van der Waals surface area contributed by atoms with E-state index < -0.39 is 5.92 Å². The Morgan fingerprint density at radius 2 is 1.86 bits per heavy atom. The van der Waals surface area contributed by atoms with Crippen LogP contribution in [-0.4, -0.2) is 18.9 Å². The molecule has 1 aromatic heterocycles. The summed E-state index contributed by atoms with van der Waals surface area (Å²) in [5, 5.41) is 20.0. The molecule has 0 saturated heterocycles. The highest BCUT2D eigenvalue weighted by Crippen LogP contribution is 2.37. The third kappa shape index (κ3) is 3.28. The van der Waals surface area contributed by atoms with Crippen LogP contribution in [0.5, 0.6) is 17.2 Å². The Balaban J connectivity index is 1.69. The normalized spacial score (nSPS) is 13.1. The molecule has 1 unspecified atom stereocenters. The minimum Gasteiger partial charge on any atom is -0.497 e. The Kier molecular flexibility index (Phi) is 4.70. The lowest BCUT2D eigenvalue weighted by Crippen LogP contribution is -2.13. The van der Waals surface area contributed by atoms with Crippen molar-refractivity contribution in [1.29, 1.82) is 10.5 Å². The second kappa shape index (κ2) is 7.46. The van der Waals surface area contributed by atoms with Gasteiger partial charge in [-0.25, -0.2) is 0 Å². The third-order valence-electron chi connectivity index (χ3n) is 4.89. The predicted octanol–water partition coefficient (Wildman–Crippen LogP) is 3.96. The van der Waals surface area contributed by atoms with E-state index >= 15 is 0 Å². The van der Waals surface area contributed by atoms with Gasteiger partial charge in [-0.1, -0.05) is 12.1 Å². The first kappa shape index (κ1) is 17.6. The minimum absolute atomic E-state index is 0.180. The van der Waals surface area contributed by atoms with Crippen molar-refractivity contribution in [2.24, 2.45) is 5.92 Å². The van der Waals surface area contributed by atoms with Gasteiger partial charge in [-0.2, -0.15) is 10.5 Å². The van der Waals surface area contributed by atoms with Gasteiger partial charge in [0.05, 0.1) is 24.8 Å². The van der Waals surface area contributed by atoms with E-state index in [-0.39, 0.29) is 12.7 Å². The SMILES string of the molecule is COc1ccc2nc(CC(c3ccc4c(c3)OCO4)C(C#N)C#N)ccc2c1. The minimum atomic E-state index is -0.797. The van der Waals surface area contributed by atoms with Crippen LogP contribution in [0.2, 0.25) is 0 Å². The molecule has 0 fully saturated rings. The first-order valence-electron chi connectivity index (χ1n) is 8.84. The number of pyridine rings is 1. The quantitative estimate of drug-likeness (QED) is 0.674. The number of benzene rings is 2. The van der Waals surface area contributed by atoms with Crippen LogP contribution in [-0.2, 0) is 6.42 Å². The van der Waals surface area contributed by atoms with Crippen LogP contribution < -0.4 is 14.2 Å². The van der Waals surface area contributed by atoms with Crippen molar-refractivity contribution in [3.05, 3.63) is 59.8 Å². The summed E-state index contributed by atoms with van der Waals surface area (Å²) in [7, 11) is 1.63. The lowest BCUT2D eigenvalue weighted by Gasteiger charge is -2.18. The van der Waals surface area contributed by atoms with E-state index in [9.17, 15) is 10.5 Å². The van der Waals surface area contributed by atoms with E-state index in [0.29, 0.717) is 17.9 Å². The summed E-state index contributed by atoms with van der Waals surface area (Å²) < 4.78 is 16.1. The number of fused-ring (bicyclic) bond motifs is 2. The summed E-state index contributed by atoms with van der Waals surface area (Å²) >= 11 is 0. The number of aromatic nitrogens is 1. The van der Waals surface area contributed by atoms with Crippen molar-refractivity contribution in [2.45, 2.75) is 12.3 Å². The van der Waals surface area contributed by atoms with Crippen LogP contribution >= 0.6 is 0 Å². The van der Waals surface area contributed by atoms with E-state index in [1.54, 1.807) is 7.11 Å². The number of hydrogen-bond acceptors (Lipinski definition) is 6. The maximum absolute atomic E-state index is 9.50. The molecule has 6 nitrogen and oxygen atoms in total. The van der Waals surface area contributed by atoms with Crippen molar-refractivity contribution in [3.63, 3.8) is 0 Å². The standard InChI is InChI=1S/C22H17N3O3/c1-26-18-5-6-20-15(8-18)2-4-17(25-20)10-19(16(11-23)12-24)14-3-7-21-22(9-14)28-13-27-21/h2-9,16,19H,10,13H2,1H3. The lowest BCUT2D eigenvalue weighted by atomic mass is 9.84. The first-order valence-corrected chi connectivity index (χ1v) is 8.84. The Hall–Kier alpha value is -3.77. The number of ether oxygens (including phenoxy) is 3. The van der Waals surface area contributed by atoms with Crippen LogP contribution in [0.25, 0.3) is 10.9 Å². The Morgan fingerprint density at radius 3 is 2.64 bits per heavy atom. The van der Waals surface area contributed by atoms with Gasteiger partial charge in [-0.15, -0.1) is 0 Å². The molecule has 0 aliphatic carbocycles. The van der Waals surface area contributed by atoms with E-state index in [2.05, 4.69) is 12.1 Å². The van der Waals surface area contributed by atoms with E-state index in [4.69, 9.17) is 19.2 Å². The highest BCUT2D eigenvalue weighted by Gasteiger charge is 2.26. The monoisotopic (exact) mass is 371 g/mol. The third-order valence-corrected chi connectivity index (χ3v) is 4.89. The van der Waals surface area contributed by atoms with Gasteiger partial charge in [-0.05, 0) is 48.4 Å². The molecule has 1 aliphatic heterocycles. The maximum Gasteiger partial charge on any atom is 0.231 e. The highest BCUT2D eigenvalue weighted by atomic mass is 16.7. The maximum atomic E-state index is 9.50.